The van der Waals surface area contributed by atoms with Gasteiger partial charge in [-0.15, -0.1) is 0 Å². The van der Waals surface area contributed by atoms with E-state index < -0.39 is 62.1 Å². The fourth-order valence-corrected chi connectivity index (χ4v) is 8.24. The van der Waals surface area contributed by atoms with Gasteiger partial charge in [0, 0.05) is 0 Å². The number of phosphoric acid groups is 1. The Labute approximate surface area is 374 Å². The highest BCUT2D eigenvalue weighted by molar-refractivity contribution is 7.48. The van der Waals surface area contributed by atoms with E-state index in [1.807, 2.05) is 12.1 Å². The number of nitrogens with zero attached hydrogens (tertiary/aromatic N) is 4. The van der Waals surface area contributed by atoms with E-state index >= 15 is 0 Å². The summed E-state index contributed by atoms with van der Waals surface area (Å²) in [5, 5.41) is 15.3. The lowest BCUT2D eigenvalue weighted by Gasteiger charge is -2.29. The van der Waals surface area contributed by atoms with Crippen molar-refractivity contribution in [1.82, 2.24) is 14.6 Å². The normalized spacial score (nSPS) is 20.2. The van der Waals surface area contributed by atoms with E-state index in [9.17, 15) is 19.4 Å². The second-order valence-electron chi connectivity index (χ2n) is 17.8. The molecule has 5 atom stereocenters. The van der Waals surface area contributed by atoms with E-state index in [-0.39, 0.29) is 29.3 Å². The molecule has 0 amide bonds. The Morgan fingerprint density at radius 3 is 2.13 bits per heavy atom. The molecule has 1 saturated heterocycles. The average molecular weight is 892 g/mol. The zero-order valence-corrected chi connectivity index (χ0v) is 39.5. The number of esters is 2. The van der Waals surface area contributed by atoms with Crippen LogP contribution in [0.15, 0.2) is 67.0 Å². The van der Waals surface area contributed by atoms with Crippen molar-refractivity contribution < 1.29 is 41.9 Å². The smallest absolute Gasteiger partial charge is 0.455 e. The monoisotopic (exact) mass is 891 g/mol. The first kappa shape index (κ1) is 51.1. The Morgan fingerprint density at radius 1 is 0.889 bits per heavy atom. The van der Waals surface area contributed by atoms with Crippen molar-refractivity contribution in [3.05, 3.63) is 78.3 Å². The number of aromatic nitrogens is 3. The molecule has 0 aliphatic carbocycles. The third-order valence-electron chi connectivity index (χ3n) is 10.8. The minimum Gasteiger partial charge on any atom is -0.455 e. The zero-order chi connectivity index (χ0) is 46.0. The molecule has 14 nitrogen and oxygen atoms in total. The number of phosphoric ester groups is 1. The number of allylic oxidation sites excluding steroid dienone is 4. The SMILES string of the molecule is CCCCC/C=C\C/C=C\CCCCCCCCOP(=O)(OC[C@H]1O[C@@](C#N)(c2ccc3c(N)ncnn23)[C@H](OC(=O)C(C)C)[C@@H]1OC(=O)C(C)C)Oc1ccc(C(C)(C)C)cc1. The van der Waals surface area contributed by atoms with Gasteiger partial charge in [-0.2, -0.15) is 10.4 Å². The van der Waals surface area contributed by atoms with Crippen molar-refractivity contribution in [1.29, 1.82) is 5.26 Å². The summed E-state index contributed by atoms with van der Waals surface area (Å²) >= 11 is 0. The van der Waals surface area contributed by atoms with Crippen LogP contribution in [0.3, 0.4) is 0 Å². The Bertz CT molecular complexity index is 2050. The van der Waals surface area contributed by atoms with Gasteiger partial charge in [-0.1, -0.05) is 130 Å². The number of rotatable bonds is 26. The van der Waals surface area contributed by atoms with Gasteiger partial charge >= 0.3 is 19.8 Å². The van der Waals surface area contributed by atoms with Gasteiger partial charge in [0.25, 0.3) is 0 Å². The lowest BCUT2D eigenvalue weighted by atomic mass is 9.87. The highest BCUT2D eigenvalue weighted by atomic mass is 31.2. The molecule has 15 heteroatoms. The number of carbonyl (C=O) groups is 2. The topological polar surface area (TPSA) is 187 Å². The van der Waals surface area contributed by atoms with Gasteiger partial charge in [-0.3, -0.25) is 18.6 Å². The molecule has 3 aromatic rings. The van der Waals surface area contributed by atoms with Crippen LogP contribution in [0.5, 0.6) is 5.75 Å². The Balaban J connectivity index is 1.50. The molecule has 3 heterocycles. The van der Waals surface area contributed by atoms with Crippen molar-refractivity contribution in [2.24, 2.45) is 11.8 Å². The van der Waals surface area contributed by atoms with Gasteiger partial charge in [0.1, 0.15) is 29.8 Å². The molecule has 346 valence electrons. The van der Waals surface area contributed by atoms with Crippen LogP contribution in [0.1, 0.15) is 144 Å². The van der Waals surface area contributed by atoms with Crippen molar-refractivity contribution in [2.45, 2.75) is 162 Å². The van der Waals surface area contributed by atoms with E-state index in [1.54, 1.807) is 52.0 Å². The molecule has 1 aromatic carbocycles. The minimum absolute atomic E-state index is 0.0807. The maximum absolute atomic E-state index is 14.6. The highest BCUT2D eigenvalue weighted by Crippen LogP contribution is 2.52. The number of unbranched alkanes of at least 4 members (excludes halogenated alkanes) is 9. The Hall–Kier alpha value is -4.54. The van der Waals surface area contributed by atoms with Crippen LogP contribution in [0.25, 0.3) is 5.52 Å². The standard InChI is InChI=1S/C48H70N5O9P/c1-9-10-11-12-13-14-15-16-17-18-19-20-21-22-23-24-31-57-63(56,62-38-27-25-37(26-28-38)47(6,7)8)58-32-40-42(59-45(54)35(2)3)43(60-46(55)36(4)5)48(33-49,61-40)41-30-29-39-44(50)51-34-52-53(39)41/h13-14,16-17,25-30,34-36,40,42-43H,9-12,15,18-24,31-32H2,1-8H3,(H2,50,51,52)/b14-13-,17-16-/t40-,42-,43-,48+,63?/m1/s1. The molecule has 1 fully saturated rings. The number of benzene rings is 1. The van der Waals surface area contributed by atoms with Crippen molar-refractivity contribution in [2.75, 3.05) is 18.9 Å². The van der Waals surface area contributed by atoms with E-state index in [2.05, 4.69) is 68.2 Å². The van der Waals surface area contributed by atoms with Crippen LogP contribution in [0.4, 0.5) is 5.82 Å². The van der Waals surface area contributed by atoms with Gasteiger partial charge in [-0.25, -0.2) is 14.1 Å². The summed E-state index contributed by atoms with van der Waals surface area (Å²) < 4.78 is 52.5. The van der Waals surface area contributed by atoms with Crippen molar-refractivity contribution >= 4 is 31.1 Å². The van der Waals surface area contributed by atoms with Crippen LogP contribution in [0.2, 0.25) is 0 Å². The zero-order valence-electron chi connectivity index (χ0n) is 38.6. The fourth-order valence-electron chi connectivity index (χ4n) is 7.00. The number of hydrogen-bond donors (Lipinski definition) is 1. The Morgan fingerprint density at radius 2 is 1.51 bits per heavy atom. The third kappa shape index (κ3) is 14.8. The predicted molar refractivity (Wildman–Crippen MR) is 244 cm³/mol. The summed E-state index contributed by atoms with van der Waals surface area (Å²) in [7, 11) is -4.40. The largest absolute Gasteiger partial charge is 0.530 e. The quantitative estimate of drug-likeness (QED) is 0.0347. The summed E-state index contributed by atoms with van der Waals surface area (Å²) in [6.45, 7) is 14.6. The summed E-state index contributed by atoms with van der Waals surface area (Å²) in [5.41, 5.74) is 5.44. The minimum atomic E-state index is -4.40. The van der Waals surface area contributed by atoms with E-state index in [1.165, 1.54) is 30.1 Å². The van der Waals surface area contributed by atoms with Gasteiger partial charge < -0.3 is 24.5 Å². The molecule has 0 radical (unpaired) electrons. The van der Waals surface area contributed by atoms with Crippen LogP contribution < -0.4 is 10.3 Å². The number of anilines is 1. The first-order chi connectivity index (χ1) is 30.0. The number of hydrogen-bond acceptors (Lipinski definition) is 13. The molecular weight excluding hydrogens is 822 g/mol. The maximum Gasteiger partial charge on any atom is 0.530 e. The van der Waals surface area contributed by atoms with Crippen LogP contribution in [0, 0.1) is 23.2 Å². The molecule has 0 saturated carbocycles. The average Bonchev–Trinajstić information content (AvgIpc) is 3.81. The molecule has 0 spiro atoms. The lowest BCUT2D eigenvalue weighted by molar-refractivity contribution is -0.173. The molecule has 2 aromatic heterocycles. The fraction of sp³-hybridized carbons (Fsp3) is 0.604. The molecule has 4 rings (SSSR count). The molecule has 1 aliphatic heterocycles. The number of ether oxygens (including phenoxy) is 3. The maximum atomic E-state index is 14.6. The second kappa shape index (κ2) is 24.5. The molecule has 63 heavy (non-hydrogen) atoms. The van der Waals surface area contributed by atoms with E-state index in [0.717, 1.165) is 56.9 Å². The van der Waals surface area contributed by atoms with Crippen molar-refractivity contribution in [3.63, 3.8) is 0 Å². The summed E-state index contributed by atoms with van der Waals surface area (Å²) in [6.07, 6.45) is 18.8. The van der Waals surface area contributed by atoms with Crippen LogP contribution >= 0.6 is 7.82 Å². The van der Waals surface area contributed by atoms with Gasteiger partial charge in [-0.05, 0) is 73.8 Å². The summed E-state index contributed by atoms with van der Waals surface area (Å²) in [6, 6.07) is 12.5. The van der Waals surface area contributed by atoms with Crippen molar-refractivity contribution in [3.8, 4) is 11.8 Å². The molecule has 1 unspecified atom stereocenters. The number of fused-ring (bicyclic) bond motifs is 1. The van der Waals surface area contributed by atoms with Crippen LogP contribution in [-0.4, -0.2) is 58.1 Å². The molecule has 0 bridgehead atoms. The van der Waals surface area contributed by atoms with E-state index in [0.29, 0.717) is 11.9 Å². The first-order valence-electron chi connectivity index (χ1n) is 22.6. The first-order valence-corrected chi connectivity index (χ1v) is 24.1. The van der Waals surface area contributed by atoms with Crippen LogP contribution in [-0.2, 0) is 48.4 Å². The number of nitrogens with two attached hydrogens (primary N) is 1. The number of carbonyl (C=O) groups excluding carboxylic acids is 2. The summed E-state index contributed by atoms with van der Waals surface area (Å²) in [4.78, 5) is 30.6. The number of nitrogen functional groups attached to an aromatic ring is 1. The molecular formula is C48H70N5O9P. The van der Waals surface area contributed by atoms with E-state index in [4.69, 9.17) is 33.5 Å². The summed E-state index contributed by atoms with van der Waals surface area (Å²) in [5.74, 6) is -2.15. The molecule has 1 aliphatic rings. The second-order valence-corrected chi connectivity index (χ2v) is 19.4. The third-order valence-corrected chi connectivity index (χ3v) is 12.2. The van der Waals surface area contributed by atoms with Gasteiger partial charge in [0.15, 0.2) is 18.0 Å². The highest BCUT2D eigenvalue weighted by Gasteiger charge is 2.63. The van der Waals surface area contributed by atoms with Gasteiger partial charge in [0.05, 0.1) is 30.7 Å². The number of nitriles is 1. The predicted octanol–water partition coefficient (Wildman–Crippen LogP) is 10.9. The Kier molecular flexibility index (Phi) is 19.9. The van der Waals surface area contributed by atoms with Gasteiger partial charge in [0.2, 0.25) is 5.60 Å². The lowest BCUT2D eigenvalue weighted by Crippen LogP contribution is -2.47. The molecule has 2 N–H and O–H groups in total.